The summed E-state index contributed by atoms with van der Waals surface area (Å²) < 4.78 is 0. The SMILES string of the molecule is CCN(C(=O)c1nc2ccc(C#N)cc2[nH]1)[C@H]1CCC[C@@H](N)C1. The molecule has 2 atom stereocenters. The van der Waals surface area contributed by atoms with E-state index in [0.29, 0.717) is 29.0 Å². The summed E-state index contributed by atoms with van der Waals surface area (Å²) in [7, 11) is 0. The van der Waals surface area contributed by atoms with E-state index in [0.717, 1.165) is 25.7 Å². The molecule has 1 aliphatic rings. The first-order chi connectivity index (χ1) is 11.1. The first-order valence-corrected chi connectivity index (χ1v) is 8.08. The molecule has 6 nitrogen and oxygen atoms in total. The van der Waals surface area contributed by atoms with Crippen LogP contribution >= 0.6 is 0 Å². The van der Waals surface area contributed by atoms with Crippen molar-refractivity contribution >= 4 is 16.9 Å². The van der Waals surface area contributed by atoms with Crippen molar-refractivity contribution < 1.29 is 4.79 Å². The molecule has 0 spiro atoms. The van der Waals surface area contributed by atoms with Crippen molar-refractivity contribution in [3.05, 3.63) is 29.6 Å². The van der Waals surface area contributed by atoms with Crippen LogP contribution in [0.15, 0.2) is 18.2 Å². The van der Waals surface area contributed by atoms with Crippen molar-refractivity contribution in [1.82, 2.24) is 14.9 Å². The summed E-state index contributed by atoms with van der Waals surface area (Å²) in [5.74, 6) is 0.234. The maximum atomic E-state index is 12.8. The normalized spacial score (nSPS) is 21.1. The van der Waals surface area contributed by atoms with Crippen LogP contribution in [0.4, 0.5) is 0 Å². The number of imidazole rings is 1. The lowest BCUT2D eigenvalue weighted by Crippen LogP contribution is -2.45. The molecule has 0 saturated heterocycles. The molecule has 1 aliphatic carbocycles. The van der Waals surface area contributed by atoms with Gasteiger partial charge in [-0.15, -0.1) is 0 Å². The third-order valence-electron chi connectivity index (χ3n) is 4.54. The minimum absolute atomic E-state index is 0.0960. The molecule has 1 aromatic carbocycles. The minimum Gasteiger partial charge on any atom is -0.334 e. The number of benzene rings is 1. The van der Waals surface area contributed by atoms with Gasteiger partial charge in [0.1, 0.15) is 0 Å². The summed E-state index contributed by atoms with van der Waals surface area (Å²) in [5.41, 5.74) is 8.01. The van der Waals surface area contributed by atoms with Crippen LogP contribution in [-0.2, 0) is 0 Å². The molecule has 0 radical (unpaired) electrons. The van der Waals surface area contributed by atoms with Crippen molar-refractivity contribution in [2.75, 3.05) is 6.54 Å². The molecule has 0 bridgehead atoms. The summed E-state index contributed by atoms with van der Waals surface area (Å²) in [6.45, 7) is 2.62. The minimum atomic E-state index is -0.0960. The standard InChI is InChI=1S/C17H21N5O/c1-2-22(13-5-3-4-12(19)9-13)17(23)16-20-14-7-6-11(10-18)8-15(14)21-16/h6-8,12-13H,2-5,9,19H2,1H3,(H,20,21)/t12-,13+/m1/s1. The highest BCUT2D eigenvalue weighted by Crippen LogP contribution is 2.23. The number of hydrogen-bond donors (Lipinski definition) is 2. The number of aromatic nitrogens is 2. The third kappa shape index (κ3) is 3.06. The van der Waals surface area contributed by atoms with Gasteiger partial charge in [0.05, 0.1) is 22.7 Å². The number of carbonyl (C=O) groups is 1. The second kappa shape index (κ2) is 6.39. The maximum absolute atomic E-state index is 12.8. The van der Waals surface area contributed by atoms with E-state index in [-0.39, 0.29) is 18.0 Å². The molecular formula is C17H21N5O. The van der Waals surface area contributed by atoms with Crippen molar-refractivity contribution in [3.63, 3.8) is 0 Å². The Kier molecular flexibility index (Phi) is 4.30. The summed E-state index contributed by atoms with van der Waals surface area (Å²) in [6, 6.07) is 7.62. The van der Waals surface area contributed by atoms with E-state index >= 15 is 0 Å². The number of carbonyl (C=O) groups excluding carboxylic acids is 1. The maximum Gasteiger partial charge on any atom is 0.289 e. The number of nitrogens with two attached hydrogens (primary N) is 1. The predicted octanol–water partition coefficient (Wildman–Crippen LogP) is 2.17. The number of rotatable bonds is 3. The number of H-pyrrole nitrogens is 1. The van der Waals surface area contributed by atoms with E-state index < -0.39 is 0 Å². The average Bonchev–Trinajstić information content (AvgIpc) is 2.98. The van der Waals surface area contributed by atoms with Gasteiger partial charge < -0.3 is 15.6 Å². The van der Waals surface area contributed by atoms with E-state index in [9.17, 15) is 4.79 Å². The topological polar surface area (TPSA) is 98.8 Å². The van der Waals surface area contributed by atoms with E-state index in [2.05, 4.69) is 16.0 Å². The van der Waals surface area contributed by atoms with Gasteiger partial charge in [0, 0.05) is 18.6 Å². The van der Waals surface area contributed by atoms with Crippen LogP contribution < -0.4 is 5.73 Å². The highest BCUT2D eigenvalue weighted by atomic mass is 16.2. The van der Waals surface area contributed by atoms with Gasteiger partial charge in [0.25, 0.3) is 5.91 Å². The van der Waals surface area contributed by atoms with Crippen LogP contribution in [0.2, 0.25) is 0 Å². The first-order valence-electron chi connectivity index (χ1n) is 8.08. The van der Waals surface area contributed by atoms with E-state index in [1.54, 1.807) is 18.2 Å². The molecule has 2 aromatic rings. The summed E-state index contributed by atoms with van der Waals surface area (Å²) in [4.78, 5) is 22.1. The number of nitrogens with one attached hydrogen (secondary N) is 1. The molecule has 1 amide bonds. The Morgan fingerprint density at radius 3 is 3.04 bits per heavy atom. The van der Waals surface area contributed by atoms with Crippen LogP contribution in [0.5, 0.6) is 0 Å². The van der Waals surface area contributed by atoms with Crippen LogP contribution in [0, 0.1) is 11.3 Å². The Morgan fingerprint density at radius 1 is 1.52 bits per heavy atom. The van der Waals surface area contributed by atoms with Crippen molar-refractivity contribution in [2.24, 2.45) is 5.73 Å². The zero-order chi connectivity index (χ0) is 16.4. The highest BCUT2D eigenvalue weighted by molar-refractivity contribution is 5.94. The molecule has 0 unspecified atom stereocenters. The molecular weight excluding hydrogens is 290 g/mol. The number of nitriles is 1. The second-order valence-electron chi connectivity index (χ2n) is 6.10. The zero-order valence-corrected chi connectivity index (χ0v) is 13.2. The van der Waals surface area contributed by atoms with Gasteiger partial charge in [-0.25, -0.2) is 4.98 Å². The van der Waals surface area contributed by atoms with Gasteiger partial charge in [-0.1, -0.05) is 0 Å². The van der Waals surface area contributed by atoms with Crippen LogP contribution in [0.3, 0.4) is 0 Å². The fourth-order valence-electron chi connectivity index (χ4n) is 3.37. The molecule has 1 saturated carbocycles. The van der Waals surface area contributed by atoms with E-state index in [1.807, 2.05) is 11.8 Å². The summed E-state index contributed by atoms with van der Waals surface area (Å²) in [5, 5.41) is 8.96. The molecule has 6 heteroatoms. The largest absolute Gasteiger partial charge is 0.334 e. The Bertz CT molecular complexity index is 760. The molecule has 1 aromatic heterocycles. The number of nitrogens with zero attached hydrogens (tertiary/aromatic N) is 3. The fraction of sp³-hybridized carbons (Fsp3) is 0.471. The third-order valence-corrected chi connectivity index (χ3v) is 4.54. The Labute approximate surface area is 135 Å². The molecule has 1 fully saturated rings. The quantitative estimate of drug-likeness (QED) is 0.907. The predicted molar refractivity (Wildman–Crippen MR) is 87.8 cm³/mol. The molecule has 0 aliphatic heterocycles. The lowest BCUT2D eigenvalue weighted by molar-refractivity contribution is 0.0627. The lowest BCUT2D eigenvalue weighted by Gasteiger charge is -2.35. The molecule has 1 heterocycles. The number of amides is 1. The fourth-order valence-corrected chi connectivity index (χ4v) is 3.37. The number of hydrogen-bond acceptors (Lipinski definition) is 4. The molecule has 3 N–H and O–H groups in total. The summed E-state index contributed by atoms with van der Waals surface area (Å²) >= 11 is 0. The van der Waals surface area contributed by atoms with Crippen LogP contribution in [0.1, 0.15) is 48.8 Å². The second-order valence-corrected chi connectivity index (χ2v) is 6.10. The highest BCUT2D eigenvalue weighted by Gasteiger charge is 2.29. The van der Waals surface area contributed by atoms with Gasteiger partial charge in [0.2, 0.25) is 0 Å². The van der Waals surface area contributed by atoms with Crippen molar-refractivity contribution in [3.8, 4) is 6.07 Å². The van der Waals surface area contributed by atoms with Crippen LogP contribution in [-0.4, -0.2) is 39.4 Å². The van der Waals surface area contributed by atoms with E-state index in [1.165, 1.54) is 0 Å². The van der Waals surface area contributed by atoms with Gasteiger partial charge >= 0.3 is 0 Å². The first kappa shape index (κ1) is 15.5. The van der Waals surface area contributed by atoms with Crippen molar-refractivity contribution in [1.29, 1.82) is 5.26 Å². The number of fused-ring (bicyclic) bond motifs is 1. The van der Waals surface area contributed by atoms with Gasteiger partial charge in [-0.05, 0) is 50.8 Å². The van der Waals surface area contributed by atoms with Gasteiger partial charge in [0.15, 0.2) is 5.82 Å². The smallest absolute Gasteiger partial charge is 0.289 e. The molecule has 23 heavy (non-hydrogen) atoms. The van der Waals surface area contributed by atoms with Gasteiger partial charge in [-0.2, -0.15) is 5.26 Å². The Balaban J connectivity index is 1.87. The zero-order valence-electron chi connectivity index (χ0n) is 13.2. The van der Waals surface area contributed by atoms with E-state index in [4.69, 9.17) is 11.0 Å². The Hall–Kier alpha value is -2.39. The average molecular weight is 311 g/mol. The lowest BCUT2D eigenvalue weighted by atomic mass is 9.90. The number of aromatic amines is 1. The molecule has 120 valence electrons. The summed E-state index contributed by atoms with van der Waals surface area (Å²) in [6.07, 6.45) is 3.93. The van der Waals surface area contributed by atoms with Crippen LogP contribution in [0.25, 0.3) is 11.0 Å². The monoisotopic (exact) mass is 311 g/mol. The van der Waals surface area contributed by atoms with Gasteiger partial charge in [-0.3, -0.25) is 4.79 Å². The van der Waals surface area contributed by atoms with Crippen molar-refractivity contribution in [2.45, 2.75) is 44.7 Å². The Morgan fingerprint density at radius 2 is 2.35 bits per heavy atom. The molecule has 3 rings (SSSR count).